The van der Waals surface area contributed by atoms with Gasteiger partial charge in [-0.3, -0.25) is 0 Å². The van der Waals surface area contributed by atoms with Crippen LogP contribution < -0.4 is 10.6 Å². The molecular formula is C11H20N4S2. The lowest BCUT2D eigenvalue weighted by molar-refractivity contribution is 0.396. The highest BCUT2D eigenvalue weighted by Gasteiger charge is 2.23. The second-order valence-electron chi connectivity index (χ2n) is 4.70. The predicted molar refractivity (Wildman–Crippen MR) is 77.2 cm³/mol. The van der Waals surface area contributed by atoms with Gasteiger partial charge in [-0.25, -0.2) is 0 Å². The summed E-state index contributed by atoms with van der Waals surface area (Å²) in [6.07, 6.45) is 3.35. The van der Waals surface area contributed by atoms with Crippen molar-refractivity contribution in [2.75, 3.05) is 50.6 Å². The zero-order valence-corrected chi connectivity index (χ0v) is 12.3. The first-order valence-corrected chi connectivity index (χ1v) is 7.80. The number of hydrogen-bond acceptors (Lipinski definition) is 6. The number of nitrogen functional groups attached to an aromatic ring is 1. The van der Waals surface area contributed by atoms with Crippen molar-refractivity contribution in [1.29, 1.82) is 0 Å². The Morgan fingerprint density at radius 3 is 3.00 bits per heavy atom. The number of rotatable bonds is 4. The summed E-state index contributed by atoms with van der Waals surface area (Å²) in [4.78, 5) is 5.84. The van der Waals surface area contributed by atoms with Crippen molar-refractivity contribution in [1.82, 2.24) is 9.27 Å². The van der Waals surface area contributed by atoms with Crippen LogP contribution in [0.4, 0.5) is 10.8 Å². The molecule has 96 valence electrons. The van der Waals surface area contributed by atoms with Crippen molar-refractivity contribution in [2.45, 2.75) is 11.3 Å². The molecule has 0 spiro atoms. The molecule has 4 nitrogen and oxygen atoms in total. The summed E-state index contributed by atoms with van der Waals surface area (Å²) in [5.74, 6) is 1.44. The number of hydrogen-bond donors (Lipinski definition) is 1. The SMILES string of the molecule is CSc1c(N)nsc1N(C)CC1CCN(C)C1. The Morgan fingerprint density at radius 1 is 1.65 bits per heavy atom. The minimum atomic E-state index is 0.674. The van der Waals surface area contributed by atoms with Gasteiger partial charge in [0.05, 0.1) is 4.90 Å². The van der Waals surface area contributed by atoms with Crippen molar-refractivity contribution in [3.8, 4) is 0 Å². The normalized spacial score (nSPS) is 21.0. The first kappa shape index (κ1) is 13.0. The fraction of sp³-hybridized carbons (Fsp3) is 0.727. The zero-order valence-electron chi connectivity index (χ0n) is 10.6. The Kier molecular flexibility index (Phi) is 4.17. The number of aromatic nitrogens is 1. The summed E-state index contributed by atoms with van der Waals surface area (Å²) in [7, 11) is 4.34. The van der Waals surface area contributed by atoms with Gasteiger partial charge < -0.3 is 15.5 Å². The van der Waals surface area contributed by atoms with Gasteiger partial charge in [-0.15, -0.1) is 11.8 Å². The van der Waals surface area contributed by atoms with Gasteiger partial charge in [-0.1, -0.05) is 0 Å². The van der Waals surface area contributed by atoms with E-state index in [0.29, 0.717) is 5.82 Å². The van der Waals surface area contributed by atoms with Crippen LogP contribution in [0.15, 0.2) is 4.90 Å². The van der Waals surface area contributed by atoms with E-state index < -0.39 is 0 Å². The van der Waals surface area contributed by atoms with Gasteiger partial charge in [-0.2, -0.15) is 4.37 Å². The standard InChI is InChI=1S/C11H20N4S2/c1-14-5-4-8(6-14)7-15(2)11-9(16-3)10(12)13-17-11/h8H,4-7H2,1-3H3,(H2,12,13). The topological polar surface area (TPSA) is 45.4 Å². The third-order valence-corrected chi connectivity index (χ3v) is 5.15. The molecule has 17 heavy (non-hydrogen) atoms. The van der Waals surface area contributed by atoms with E-state index in [9.17, 15) is 0 Å². The Bertz CT molecular complexity index is 380. The maximum atomic E-state index is 5.86. The van der Waals surface area contributed by atoms with E-state index in [1.165, 1.54) is 36.0 Å². The van der Waals surface area contributed by atoms with Crippen LogP contribution in [0.25, 0.3) is 0 Å². The minimum absolute atomic E-state index is 0.674. The molecule has 0 aliphatic carbocycles. The molecule has 0 bridgehead atoms. The molecule has 0 radical (unpaired) electrons. The van der Waals surface area contributed by atoms with E-state index in [1.54, 1.807) is 11.8 Å². The molecule has 1 fully saturated rings. The number of anilines is 2. The summed E-state index contributed by atoms with van der Waals surface area (Å²) in [5, 5.41) is 1.21. The van der Waals surface area contributed by atoms with E-state index in [0.717, 1.165) is 17.4 Å². The molecule has 1 atom stereocenters. The lowest BCUT2D eigenvalue weighted by Crippen LogP contribution is -2.26. The van der Waals surface area contributed by atoms with Crippen molar-refractivity contribution >= 4 is 34.1 Å². The van der Waals surface area contributed by atoms with Crippen LogP contribution in [0, 0.1) is 5.92 Å². The van der Waals surface area contributed by atoms with Gasteiger partial charge in [0, 0.05) is 20.1 Å². The number of nitrogens with two attached hydrogens (primary N) is 1. The van der Waals surface area contributed by atoms with Crippen LogP contribution in [0.5, 0.6) is 0 Å². The molecule has 1 aliphatic rings. The highest BCUT2D eigenvalue weighted by atomic mass is 32.2. The van der Waals surface area contributed by atoms with Crippen LogP contribution in [-0.4, -0.2) is 49.3 Å². The first-order chi connectivity index (χ1) is 8.11. The van der Waals surface area contributed by atoms with Crippen molar-refractivity contribution < 1.29 is 0 Å². The molecule has 1 aromatic rings. The smallest absolute Gasteiger partial charge is 0.153 e. The van der Waals surface area contributed by atoms with Gasteiger partial charge in [0.25, 0.3) is 0 Å². The molecule has 2 rings (SSSR count). The van der Waals surface area contributed by atoms with Crippen LogP contribution >= 0.6 is 23.3 Å². The van der Waals surface area contributed by atoms with E-state index in [4.69, 9.17) is 5.73 Å². The van der Waals surface area contributed by atoms with E-state index >= 15 is 0 Å². The predicted octanol–water partition coefficient (Wildman–Crippen LogP) is 1.84. The number of nitrogens with zero attached hydrogens (tertiary/aromatic N) is 3. The Morgan fingerprint density at radius 2 is 2.41 bits per heavy atom. The molecular weight excluding hydrogens is 252 g/mol. The average molecular weight is 272 g/mol. The van der Waals surface area contributed by atoms with Gasteiger partial charge >= 0.3 is 0 Å². The van der Waals surface area contributed by atoms with Gasteiger partial charge in [0.15, 0.2) is 5.82 Å². The second-order valence-corrected chi connectivity index (χ2v) is 6.27. The zero-order chi connectivity index (χ0) is 12.4. The number of likely N-dealkylation sites (tertiary alicyclic amines) is 1. The fourth-order valence-electron chi connectivity index (χ4n) is 2.37. The molecule has 0 amide bonds. The molecule has 6 heteroatoms. The molecule has 2 heterocycles. The average Bonchev–Trinajstić information content (AvgIpc) is 2.84. The fourth-order valence-corrected chi connectivity index (χ4v) is 4.05. The maximum absolute atomic E-state index is 5.86. The molecule has 0 aromatic carbocycles. The highest BCUT2D eigenvalue weighted by Crippen LogP contribution is 2.37. The van der Waals surface area contributed by atoms with E-state index in [1.807, 2.05) is 0 Å². The van der Waals surface area contributed by atoms with Crippen LogP contribution in [0.3, 0.4) is 0 Å². The van der Waals surface area contributed by atoms with Gasteiger partial charge in [0.2, 0.25) is 0 Å². The summed E-state index contributed by atoms with van der Waals surface area (Å²) in [6, 6.07) is 0. The summed E-state index contributed by atoms with van der Waals surface area (Å²) >= 11 is 3.20. The quantitative estimate of drug-likeness (QED) is 0.847. The van der Waals surface area contributed by atoms with Gasteiger partial charge in [-0.05, 0) is 43.7 Å². The summed E-state index contributed by atoms with van der Waals surface area (Å²) < 4.78 is 4.24. The summed E-state index contributed by atoms with van der Waals surface area (Å²) in [6.45, 7) is 3.52. The monoisotopic (exact) mass is 272 g/mol. The maximum Gasteiger partial charge on any atom is 0.153 e. The first-order valence-electron chi connectivity index (χ1n) is 5.80. The van der Waals surface area contributed by atoms with Crippen LogP contribution in [0.1, 0.15) is 6.42 Å². The molecule has 2 N–H and O–H groups in total. The van der Waals surface area contributed by atoms with Gasteiger partial charge in [0.1, 0.15) is 5.00 Å². The van der Waals surface area contributed by atoms with Crippen molar-refractivity contribution in [3.63, 3.8) is 0 Å². The lowest BCUT2D eigenvalue weighted by Gasteiger charge is -2.22. The molecule has 1 aromatic heterocycles. The highest BCUT2D eigenvalue weighted by molar-refractivity contribution is 7.99. The minimum Gasteiger partial charge on any atom is -0.382 e. The van der Waals surface area contributed by atoms with Crippen molar-refractivity contribution in [3.05, 3.63) is 0 Å². The number of thioether (sulfide) groups is 1. The van der Waals surface area contributed by atoms with Crippen LogP contribution in [-0.2, 0) is 0 Å². The van der Waals surface area contributed by atoms with Crippen LogP contribution in [0.2, 0.25) is 0 Å². The summed E-state index contributed by atoms with van der Waals surface area (Å²) in [5.41, 5.74) is 5.86. The molecule has 1 aliphatic heterocycles. The molecule has 1 saturated heterocycles. The lowest BCUT2D eigenvalue weighted by atomic mass is 10.1. The Hall–Kier alpha value is -0.460. The van der Waals surface area contributed by atoms with E-state index in [2.05, 4.69) is 34.5 Å². The largest absolute Gasteiger partial charge is 0.382 e. The Labute approximate surface area is 111 Å². The van der Waals surface area contributed by atoms with E-state index in [-0.39, 0.29) is 0 Å². The molecule has 1 unspecified atom stereocenters. The second kappa shape index (κ2) is 5.46. The van der Waals surface area contributed by atoms with Crippen molar-refractivity contribution in [2.24, 2.45) is 5.92 Å². The molecule has 0 saturated carbocycles. The third-order valence-electron chi connectivity index (χ3n) is 3.23. The Balaban J connectivity index is 2.01. The third kappa shape index (κ3) is 2.86.